The van der Waals surface area contributed by atoms with Crippen LogP contribution in [0.2, 0.25) is 0 Å². The number of halogens is 6. The first-order valence-corrected chi connectivity index (χ1v) is 8.74. The van der Waals surface area contributed by atoms with E-state index in [9.17, 15) is 43.2 Å². The summed E-state index contributed by atoms with van der Waals surface area (Å²) in [6, 6.07) is -2.91. The van der Waals surface area contributed by atoms with Crippen molar-refractivity contribution in [2.24, 2.45) is 0 Å². The predicted molar refractivity (Wildman–Crippen MR) is 60.2 cm³/mol. The third-order valence-corrected chi connectivity index (χ3v) is 6.88. The van der Waals surface area contributed by atoms with Crippen LogP contribution in [0.15, 0.2) is 0 Å². The van der Waals surface area contributed by atoms with Crippen LogP contribution in [0.3, 0.4) is 0 Å². The smallest absolute Gasteiger partial charge is 0.203 e. The molecule has 0 aromatic heterocycles. The molecule has 6 nitrogen and oxygen atoms in total. The van der Waals surface area contributed by atoms with Gasteiger partial charge in [0.15, 0.2) is 0 Å². The average Bonchev–Trinajstić information content (AvgIpc) is 2.58. The largest absolute Gasteiger partial charge is 0.511 e. The number of hydrogen-bond acceptors (Lipinski definition) is 4. The Labute approximate surface area is 121 Å². The van der Waals surface area contributed by atoms with E-state index in [0.29, 0.717) is 0 Å². The average molecular weight is 376 g/mol. The third kappa shape index (κ3) is 2.59. The van der Waals surface area contributed by atoms with Crippen molar-refractivity contribution < 1.29 is 43.2 Å². The fourth-order valence-corrected chi connectivity index (χ4v) is 5.08. The van der Waals surface area contributed by atoms with Crippen LogP contribution in [-0.2, 0) is 20.0 Å². The Morgan fingerprint density at radius 1 is 0.727 bits per heavy atom. The van der Waals surface area contributed by atoms with Crippen LogP contribution in [0.4, 0.5) is 26.3 Å². The number of nitrogens with zero attached hydrogens (tertiary/aromatic N) is 2. The minimum Gasteiger partial charge on any atom is -0.203 e. The lowest BCUT2D eigenvalue weighted by molar-refractivity contribution is -0.0555. The molecule has 0 spiro atoms. The highest BCUT2D eigenvalue weighted by atomic mass is 32.2. The van der Waals surface area contributed by atoms with Crippen molar-refractivity contribution in [1.82, 2.24) is 8.61 Å². The maximum atomic E-state index is 12.6. The minimum atomic E-state index is -5.71. The zero-order valence-electron chi connectivity index (χ0n) is 10.6. The van der Waals surface area contributed by atoms with E-state index in [0.717, 1.165) is 0 Å². The highest BCUT2D eigenvalue weighted by Crippen LogP contribution is 2.40. The van der Waals surface area contributed by atoms with Gasteiger partial charge in [-0.05, 0) is 12.8 Å². The fraction of sp³-hybridized carbons (Fsp3) is 1.00. The first kappa shape index (κ1) is 17.7. The van der Waals surface area contributed by atoms with E-state index in [1.54, 1.807) is 0 Å². The van der Waals surface area contributed by atoms with Gasteiger partial charge in [0, 0.05) is 25.2 Å². The Bertz CT molecular complexity index is 641. The molecule has 2 aliphatic rings. The second-order valence-corrected chi connectivity index (χ2v) is 8.70. The van der Waals surface area contributed by atoms with Crippen molar-refractivity contribution in [2.75, 3.05) is 13.1 Å². The maximum absolute atomic E-state index is 12.6. The van der Waals surface area contributed by atoms with E-state index in [1.165, 1.54) is 0 Å². The summed E-state index contributed by atoms with van der Waals surface area (Å²) in [5.74, 6) is 0. The molecule has 14 heteroatoms. The summed E-state index contributed by atoms with van der Waals surface area (Å²) in [7, 11) is -11.4. The van der Waals surface area contributed by atoms with Crippen LogP contribution in [0.1, 0.15) is 12.8 Å². The first-order valence-electron chi connectivity index (χ1n) is 5.86. The molecule has 2 fully saturated rings. The Balaban J connectivity index is 2.32. The second kappa shape index (κ2) is 4.95. The van der Waals surface area contributed by atoms with Crippen LogP contribution in [0, 0.1) is 0 Å². The van der Waals surface area contributed by atoms with E-state index < -0.39 is 56.2 Å². The van der Waals surface area contributed by atoms with Gasteiger partial charge in [-0.2, -0.15) is 35.0 Å². The number of rotatable bonds is 2. The third-order valence-electron chi connectivity index (χ3n) is 3.58. The summed E-state index contributed by atoms with van der Waals surface area (Å²) in [4.78, 5) is 0. The molecule has 0 radical (unpaired) electrons. The molecule has 0 N–H and O–H groups in total. The van der Waals surface area contributed by atoms with Gasteiger partial charge >= 0.3 is 31.1 Å². The lowest BCUT2D eigenvalue weighted by Gasteiger charge is -2.39. The lowest BCUT2D eigenvalue weighted by atomic mass is 10.2. The SMILES string of the molecule is O=S(=O)(N1CC2CCC(C1)N2S(=O)(=O)C(F)(F)F)C(F)(F)F. The molecule has 2 atom stereocenters. The Morgan fingerprint density at radius 2 is 1.09 bits per heavy atom. The Hall–Kier alpha value is -0.600. The summed E-state index contributed by atoms with van der Waals surface area (Å²) in [6.45, 7) is -1.90. The van der Waals surface area contributed by atoms with E-state index in [2.05, 4.69) is 0 Å². The van der Waals surface area contributed by atoms with Crippen LogP contribution in [0.25, 0.3) is 0 Å². The van der Waals surface area contributed by atoms with Crippen LogP contribution >= 0.6 is 0 Å². The van der Waals surface area contributed by atoms with E-state index >= 15 is 0 Å². The Morgan fingerprint density at radius 3 is 1.41 bits per heavy atom. The first-order chi connectivity index (χ1) is 9.69. The molecule has 22 heavy (non-hydrogen) atoms. The number of fused-ring (bicyclic) bond motifs is 2. The molecule has 2 saturated heterocycles. The van der Waals surface area contributed by atoms with Gasteiger partial charge < -0.3 is 0 Å². The van der Waals surface area contributed by atoms with Crippen molar-refractivity contribution in [2.45, 2.75) is 35.9 Å². The van der Waals surface area contributed by atoms with Gasteiger partial charge in [0.2, 0.25) is 0 Å². The maximum Gasteiger partial charge on any atom is 0.511 e. The Kier molecular flexibility index (Phi) is 3.99. The van der Waals surface area contributed by atoms with Gasteiger partial charge in [0.1, 0.15) is 0 Å². The van der Waals surface area contributed by atoms with E-state index in [-0.39, 0.29) is 21.5 Å². The van der Waals surface area contributed by atoms with E-state index in [4.69, 9.17) is 0 Å². The molecule has 130 valence electrons. The number of piperazine rings is 1. The number of hydrogen-bond donors (Lipinski definition) is 0. The normalized spacial score (nSPS) is 29.0. The van der Waals surface area contributed by atoms with Crippen molar-refractivity contribution >= 4 is 20.0 Å². The fourth-order valence-electron chi connectivity index (χ4n) is 2.68. The van der Waals surface area contributed by atoms with Crippen molar-refractivity contribution in [3.05, 3.63) is 0 Å². The number of sulfonamides is 2. The van der Waals surface area contributed by atoms with Gasteiger partial charge in [-0.15, -0.1) is 0 Å². The van der Waals surface area contributed by atoms with Crippen molar-refractivity contribution in [3.63, 3.8) is 0 Å². The zero-order valence-corrected chi connectivity index (χ0v) is 12.2. The highest BCUT2D eigenvalue weighted by molar-refractivity contribution is 7.90. The lowest BCUT2D eigenvalue weighted by Crippen LogP contribution is -2.60. The summed E-state index contributed by atoms with van der Waals surface area (Å²) in [5.41, 5.74) is -11.2. The molecular weight excluding hydrogens is 366 g/mol. The molecule has 0 saturated carbocycles. The topological polar surface area (TPSA) is 74.8 Å². The molecule has 2 heterocycles. The van der Waals surface area contributed by atoms with Crippen LogP contribution in [-0.4, -0.2) is 61.6 Å². The second-order valence-electron chi connectivity index (χ2n) is 4.93. The molecule has 2 bridgehead atoms. The monoisotopic (exact) mass is 376 g/mol. The van der Waals surface area contributed by atoms with Crippen LogP contribution in [0.5, 0.6) is 0 Å². The minimum absolute atomic E-state index is 0.00225. The molecule has 0 aliphatic carbocycles. The van der Waals surface area contributed by atoms with Gasteiger partial charge in [-0.1, -0.05) is 0 Å². The number of alkyl halides is 6. The van der Waals surface area contributed by atoms with Gasteiger partial charge in [-0.3, -0.25) is 0 Å². The predicted octanol–water partition coefficient (Wildman–Crippen LogP) is 0.834. The molecule has 0 amide bonds. The molecule has 2 rings (SSSR count). The zero-order chi connectivity index (χ0) is 17.1. The van der Waals surface area contributed by atoms with Gasteiger partial charge in [0.05, 0.1) is 0 Å². The van der Waals surface area contributed by atoms with Gasteiger partial charge in [0.25, 0.3) is 0 Å². The van der Waals surface area contributed by atoms with Crippen LogP contribution < -0.4 is 0 Å². The molecular formula is C8H10F6N2O4S2. The van der Waals surface area contributed by atoms with Crippen molar-refractivity contribution in [3.8, 4) is 0 Å². The molecule has 0 aromatic rings. The molecule has 2 aliphatic heterocycles. The summed E-state index contributed by atoms with van der Waals surface area (Å²) < 4.78 is 121. The van der Waals surface area contributed by atoms with E-state index in [1.807, 2.05) is 0 Å². The molecule has 0 aromatic carbocycles. The molecule has 2 unspecified atom stereocenters. The standard InChI is InChI=1S/C8H10F6N2O4S2/c9-7(10,11)21(17,18)15-3-5-1-2-6(4-15)16(5)22(19,20)8(12,13)14/h5-6H,1-4H2. The summed E-state index contributed by atoms with van der Waals surface area (Å²) in [6.07, 6.45) is -0.270. The van der Waals surface area contributed by atoms with Gasteiger partial charge in [-0.25, -0.2) is 16.8 Å². The summed E-state index contributed by atoms with van der Waals surface area (Å²) in [5, 5.41) is 0. The highest BCUT2D eigenvalue weighted by Gasteiger charge is 2.60. The summed E-state index contributed by atoms with van der Waals surface area (Å²) >= 11 is 0. The van der Waals surface area contributed by atoms with Crippen molar-refractivity contribution in [1.29, 1.82) is 0 Å². The quantitative estimate of drug-likeness (QED) is 0.670.